The molecule has 0 aromatic carbocycles. The van der Waals surface area contributed by atoms with Crippen LogP contribution >= 0.6 is 0 Å². The van der Waals surface area contributed by atoms with Gasteiger partial charge in [0.05, 0.1) is 7.11 Å². The molecule has 2 rings (SSSR count). The zero-order chi connectivity index (χ0) is 13.0. The molecule has 0 bridgehead atoms. The average Bonchev–Trinajstić information content (AvgIpc) is 2.35. The molecule has 0 saturated heterocycles. The molecule has 0 unspecified atom stereocenters. The van der Waals surface area contributed by atoms with Crippen molar-refractivity contribution in [3.8, 4) is 5.88 Å². The van der Waals surface area contributed by atoms with Crippen LogP contribution in [-0.4, -0.2) is 22.1 Å². The first kappa shape index (κ1) is 12.1. The summed E-state index contributed by atoms with van der Waals surface area (Å²) in [6.45, 7) is 2.23. The van der Waals surface area contributed by atoms with Gasteiger partial charge in [-0.3, -0.25) is 4.79 Å². The third-order valence-electron chi connectivity index (χ3n) is 2.36. The molecule has 18 heavy (non-hydrogen) atoms. The van der Waals surface area contributed by atoms with Gasteiger partial charge >= 0.3 is 0 Å². The monoisotopic (exact) mass is 246 g/mol. The molecule has 2 aromatic rings. The van der Waals surface area contributed by atoms with E-state index in [1.807, 2.05) is 12.1 Å². The number of nitrogens with zero attached hydrogens (tertiary/aromatic N) is 2. The highest BCUT2D eigenvalue weighted by Crippen LogP contribution is 2.14. The number of aryl methyl sites for hydroxylation is 1. The van der Waals surface area contributed by atoms with Crippen molar-refractivity contribution in [2.75, 3.05) is 12.4 Å². The van der Waals surface area contributed by atoms with E-state index in [4.69, 9.17) is 4.74 Å². The second kappa shape index (κ2) is 5.31. The summed E-state index contributed by atoms with van der Waals surface area (Å²) in [5.41, 5.74) is 0.725. The first-order chi connectivity index (χ1) is 8.69. The van der Waals surface area contributed by atoms with Crippen molar-refractivity contribution in [2.24, 2.45) is 0 Å². The van der Waals surface area contributed by atoms with Crippen molar-refractivity contribution >= 4 is 5.82 Å². The molecule has 2 heterocycles. The third-order valence-corrected chi connectivity index (χ3v) is 2.36. The van der Waals surface area contributed by atoms with Crippen LogP contribution in [0.1, 0.15) is 11.4 Å². The topological polar surface area (TPSA) is 79.9 Å². The van der Waals surface area contributed by atoms with E-state index in [9.17, 15) is 4.79 Å². The van der Waals surface area contributed by atoms with Gasteiger partial charge in [0, 0.05) is 24.4 Å². The maximum absolute atomic E-state index is 11.3. The Balaban J connectivity index is 2.13. The molecule has 0 aliphatic rings. The summed E-state index contributed by atoms with van der Waals surface area (Å²) in [5.74, 6) is 1.66. The highest BCUT2D eigenvalue weighted by Gasteiger charge is 2.04. The zero-order valence-corrected chi connectivity index (χ0v) is 10.2. The maximum atomic E-state index is 11.3. The molecule has 2 N–H and O–H groups in total. The summed E-state index contributed by atoms with van der Waals surface area (Å²) in [6, 6.07) is 5.14. The third kappa shape index (κ3) is 2.85. The van der Waals surface area contributed by atoms with Gasteiger partial charge in [0.2, 0.25) is 5.88 Å². The van der Waals surface area contributed by atoms with E-state index in [2.05, 4.69) is 20.3 Å². The molecule has 94 valence electrons. The minimum absolute atomic E-state index is 0.178. The first-order valence-corrected chi connectivity index (χ1v) is 5.49. The van der Waals surface area contributed by atoms with Crippen LogP contribution in [0.25, 0.3) is 0 Å². The number of rotatable bonds is 4. The highest BCUT2D eigenvalue weighted by molar-refractivity contribution is 5.36. The molecule has 0 amide bonds. The summed E-state index contributed by atoms with van der Waals surface area (Å²) < 4.78 is 5.14. The molecule has 0 aliphatic heterocycles. The quantitative estimate of drug-likeness (QED) is 0.844. The molecule has 2 aromatic heterocycles. The Morgan fingerprint density at radius 2 is 2.33 bits per heavy atom. The molecule has 0 spiro atoms. The Hall–Kier alpha value is -2.37. The molecular weight excluding hydrogens is 232 g/mol. The lowest BCUT2D eigenvalue weighted by Crippen LogP contribution is -2.12. The normalized spacial score (nSPS) is 10.1. The van der Waals surface area contributed by atoms with Crippen LogP contribution < -0.4 is 15.6 Å². The van der Waals surface area contributed by atoms with E-state index >= 15 is 0 Å². The number of pyridine rings is 1. The smallest absolute Gasteiger partial charge is 0.252 e. The summed E-state index contributed by atoms with van der Waals surface area (Å²) in [7, 11) is 1.57. The van der Waals surface area contributed by atoms with E-state index in [1.54, 1.807) is 20.2 Å². The van der Waals surface area contributed by atoms with E-state index in [1.165, 1.54) is 6.07 Å². The predicted octanol–water partition coefficient (Wildman–Crippen LogP) is 1.09. The van der Waals surface area contributed by atoms with Gasteiger partial charge in [0.1, 0.15) is 11.6 Å². The molecular formula is C12H14N4O2. The molecule has 0 fully saturated rings. The van der Waals surface area contributed by atoms with Crippen LogP contribution in [0.15, 0.2) is 29.2 Å². The van der Waals surface area contributed by atoms with Crippen molar-refractivity contribution in [2.45, 2.75) is 13.5 Å². The summed E-state index contributed by atoms with van der Waals surface area (Å²) in [4.78, 5) is 22.1. The zero-order valence-electron chi connectivity index (χ0n) is 10.2. The van der Waals surface area contributed by atoms with Gasteiger partial charge in [-0.05, 0) is 13.0 Å². The Bertz CT molecular complexity index is 595. The first-order valence-electron chi connectivity index (χ1n) is 5.49. The standard InChI is InChI=1S/C12H14N4O2/c1-8-15-10(6-11(17)16-8)14-7-9-4-3-5-13-12(9)18-2/h3-6H,7H2,1-2H3,(H2,14,15,16,17). The van der Waals surface area contributed by atoms with Crippen LogP contribution in [0, 0.1) is 6.92 Å². The van der Waals surface area contributed by atoms with Gasteiger partial charge in [0.15, 0.2) is 0 Å². The average molecular weight is 246 g/mol. The fourth-order valence-electron chi connectivity index (χ4n) is 1.60. The Kier molecular flexibility index (Phi) is 3.57. The fourth-order valence-corrected chi connectivity index (χ4v) is 1.60. The van der Waals surface area contributed by atoms with Gasteiger partial charge in [-0.1, -0.05) is 6.07 Å². The Morgan fingerprint density at radius 1 is 1.50 bits per heavy atom. The van der Waals surface area contributed by atoms with Crippen molar-refractivity contribution in [1.82, 2.24) is 15.0 Å². The number of hydrogen-bond acceptors (Lipinski definition) is 5. The molecule has 0 radical (unpaired) electrons. The number of hydrogen-bond donors (Lipinski definition) is 2. The molecule has 0 aliphatic carbocycles. The number of ether oxygens (including phenoxy) is 1. The molecule has 0 saturated carbocycles. The van der Waals surface area contributed by atoms with Gasteiger partial charge in [0.25, 0.3) is 5.56 Å². The number of nitrogens with one attached hydrogen (secondary N) is 2. The lowest BCUT2D eigenvalue weighted by molar-refractivity contribution is 0.393. The van der Waals surface area contributed by atoms with Crippen molar-refractivity contribution in [3.63, 3.8) is 0 Å². The van der Waals surface area contributed by atoms with Gasteiger partial charge < -0.3 is 15.0 Å². The number of aromatic nitrogens is 3. The second-order valence-corrected chi connectivity index (χ2v) is 3.74. The molecule has 6 nitrogen and oxygen atoms in total. The second-order valence-electron chi connectivity index (χ2n) is 3.74. The van der Waals surface area contributed by atoms with Crippen LogP contribution in [0.2, 0.25) is 0 Å². The van der Waals surface area contributed by atoms with Crippen molar-refractivity contribution in [1.29, 1.82) is 0 Å². The van der Waals surface area contributed by atoms with Crippen LogP contribution in [0.3, 0.4) is 0 Å². The van der Waals surface area contributed by atoms with E-state index in [0.717, 1.165) is 5.56 Å². The summed E-state index contributed by atoms with van der Waals surface area (Å²) >= 11 is 0. The van der Waals surface area contributed by atoms with Crippen molar-refractivity contribution in [3.05, 3.63) is 46.1 Å². The predicted molar refractivity (Wildman–Crippen MR) is 67.7 cm³/mol. The fraction of sp³-hybridized carbons (Fsp3) is 0.250. The summed E-state index contributed by atoms with van der Waals surface area (Å²) in [6.07, 6.45) is 1.66. The lowest BCUT2D eigenvalue weighted by atomic mass is 10.2. The Labute approximate surface area is 104 Å². The molecule has 6 heteroatoms. The Morgan fingerprint density at radius 3 is 3.06 bits per heavy atom. The van der Waals surface area contributed by atoms with E-state index < -0.39 is 0 Å². The van der Waals surface area contributed by atoms with Crippen LogP contribution in [-0.2, 0) is 6.54 Å². The summed E-state index contributed by atoms with van der Waals surface area (Å²) in [5, 5.41) is 3.07. The minimum Gasteiger partial charge on any atom is -0.481 e. The number of aromatic amines is 1. The number of methoxy groups -OCH3 is 1. The number of H-pyrrole nitrogens is 1. The van der Waals surface area contributed by atoms with Crippen LogP contribution in [0.5, 0.6) is 5.88 Å². The van der Waals surface area contributed by atoms with E-state index in [0.29, 0.717) is 24.1 Å². The maximum Gasteiger partial charge on any atom is 0.252 e. The minimum atomic E-state index is -0.178. The van der Waals surface area contributed by atoms with E-state index in [-0.39, 0.29) is 5.56 Å². The number of anilines is 1. The highest BCUT2D eigenvalue weighted by atomic mass is 16.5. The largest absolute Gasteiger partial charge is 0.481 e. The lowest BCUT2D eigenvalue weighted by Gasteiger charge is -2.08. The van der Waals surface area contributed by atoms with Gasteiger partial charge in [-0.15, -0.1) is 0 Å². The van der Waals surface area contributed by atoms with Gasteiger partial charge in [-0.25, -0.2) is 9.97 Å². The van der Waals surface area contributed by atoms with Crippen molar-refractivity contribution < 1.29 is 4.74 Å². The van der Waals surface area contributed by atoms with Gasteiger partial charge in [-0.2, -0.15) is 0 Å². The SMILES string of the molecule is COc1ncccc1CNc1cc(=O)[nH]c(C)n1. The molecule has 0 atom stereocenters. The van der Waals surface area contributed by atoms with Crippen LogP contribution in [0.4, 0.5) is 5.82 Å².